The first-order valence-electron chi connectivity index (χ1n) is 11.4. The van der Waals surface area contributed by atoms with Gasteiger partial charge in [-0.1, -0.05) is 0 Å². The van der Waals surface area contributed by atoms with Gasteiger partial charge in [0.2, 0.25) is 11.9 Å². The van der Waals surface area contributed by atoms with E-state index in [1.165, 1.54) is 0 Å². The second-order valence-corrected chi connectivity index (χ2v) is 8.39. The van der Waals surface area contributed by atoms with E-state index < -0.39 is 35.5 Å². The number of carbonyl (C=O) groups is 1. The van der Waals surface area contributed by atoms with E-state index in [1.807, 2.05) is 5.10 Å². The van der Waals surface area contributed by atoms with Crippen LogP contribution in [-0.4, -0.2) is 86.8 Å². The quantitative estimate of drug-likeness (QED) is 0.316. The van der Waals surface area contributed by atoms with Crippen molar-refractivity contribution in [3.8, 4) is 5.75 Å². The highest BCUT2D eigenvalue weighted by molar-refractivity contribution is 5.80. The van der Waals surface area contributed by atoms with Crippen molar-refractivity contribution in [1.82, 2.24) is 34.8 Å². The first-order valence-corrected chi connectivity index (χ1v) is 11.4. The number of anilines is 1. The fraction of sp³-hybridized carbons (Fsp3) is 0.524. The van der Waals surface area contributed by atoms with E-state index in [-0.39, 0.29) is 36.8 Å². The third-order valence-electron chi connectivity index (χ3n) is 5.79. The Hall–Kier alpha value is -3.89. The molecular weight excluding hydrogens is 523 g/mol. The Morgan fingerprint density at radius 2 is 1.82 bits per heavy atom. The van der Waals surface area contributed by atoms with Crippen LogP contribution in [0.2, 0.25) is 0 Å². The van der Waals surface area contributed by atoms with Gasteiger partial charge in [-0.15, -0.1) is 0 Å². The number of amides is 1. The van der Waals surface area contributed by atoms with E-state index in [4.69, 9.17) is 4.74 Å². The van der Waals surface area contributed by atoms with E-state index in [9.17, 15) is 31.5 Å². The Balaban J connectivity index is 1.25. The second-order valence-electron chi connectivity index (χ2n) is 8.39. The normalized spacial score (nSPS) is 15.3. The van der Waals surface area contributed by atoms with Crippen molar-refractivity contribution in [3.63, 3.8) is 0 Å². The molecule has 0 saturated carbocycles. The second kappa shape index (κ2) is 11.2. The Morgan fingerprint density at radius 1 is 1.13 bits per heavy atom. The van der Waals surface area contributed by atoms with Crippen LogP contribution < -0.4 is 15.2 Å². The summed E-state index contributed by atoms with van der Waals surface area (Å²) in [4.78, 5) is 35.9. The highest BCUT2D eigenvalue weighted by Gasteiger charge is 2.38. The van der Waals surface area contributed by atoms with Gasteiger partial charge in [0.25, 0.3) is 5.56 Å². The molecular formula is C21H23F5N8O4. The molecule has 1 aliphatic heterocycles. The standard InChI is InChI=1S/C21H23F5N8O4/c1-12(34-14-10-29-30-18(36)16(14)17(31-34)21(24,25)26)11-37-7-2-15(35)32-3-5-33(6-4-32)20-27-8-13(9-28-20)38-19(22)23/h8-10,12,19H,2-7,11H2,1H3,(H,30,36). The Kier molecular flexibility index (Phi) is 8.03. The maximum atomic E-state index is 13.4. The van der Waals surface area contributed by atoms with E-state index in [0.29, 0.717) is 32.1 Å². The SMILES string of the molecule is CC(COCCC(=O)N1CCN(c2ncc(OC(F)F)cn2)CC1)n1nc(C(F)(F)F)c2c(=O)[nH]ncc21. The molecule has 1 amide bonds. The summed E-state index contributed by atoms with van der Waals surface area (Å²) in [5, 5.41) is 8.52. The maximum absolute atomic E-state index is 13.4. The van der Waals surface area contributed by atoms with E-state index in [2.05, 4.69) is 24.9 Å². The Bertz CT molecular complexity index is 1310. The molecule has 0 bridgehead atoms. The van der Waals surface area contributed by atoms with Crippen molar-refractivity contribution in [2.75, 3.05) is 44.3 Å². The first-order chi connectivity index (χ1) is 18.0. The van der Waals surface area contributed by atoms with E-state index in [0.717, 1.165) is 23.3 Å². The number of fused-ring (bicyclic) bond motifs is 1. The zero-order valence-electron chi connectivity index (χ0n) is 20.0. The number of hydrogen-bond acceptors (Lipinski definition) is 9. The highest BCUT2D eigenvalue weighted by atomic mass is 19.4. The van der Waals surface area contributed by atoms with Gasteiger partial charge >= 0.3 is 12.8 Å². The summed E-state index contributed by atoms with van der Waals surface area (Å²) in [7, 11) is 0. The van der Waals surface area contributed by atoms with Gasteiger partial charge < -0.3 is 19.3 Å². The highest BCUT2D eigenvalue weighted by Crippen LogP contribution is 2.33. The lowest BCUT2D eigenvalue weighted by Gasteiger charge is -2.34. The average molecular weight is 546 g/mol. The molecule has 3 aromatic rings. The van der Waals surface area contributed by atoms with Crippen molar-refractivity contribution in [3.05, 3.63) is 34.6 Å². The summed E-state index contributed by atoms with van der Waals surface area (Å²) < 4.78 is 75.4. The largest absolute Gasteiger partial charge is 0.435 e. The minimum absolute atomic E-state index is 0.0300. The molecule has 1 fully saturated rings. The van der Waals surface area contributed by atoms with Gasteiger partial charge in [-0.05, 0) is 6.92 Å². The molecule has 38 heavy (non-hydrogen) atoms. The third-order valence-corrected chi connectivity index (χ3v) is 5.79. The lowest BCUT2D eigenvalue weighted by Crippen LogP contribution is -2.49. The van der Waals surface area contributed by atoms with Crippen molar-refractivity contribution >= 4 is 22.8 Å². The maximum Gasteiger partial charge on any atom is 0.435 e. The third kappa shape index (κ3) is 6.15. The number of alkyl halides is 5. The van der Waals surface area contributed by atoms with Crippen molar-refractivity contribution in [1.29, 1.82) is 0 Å². The smallest absolute Gasteiger partial charge is 0.432 e. The van der Waals surface area contributed by atoms with Crippen LogP contribution in [0.4, 0.5) is 27.9 Å². The summed E-state index contributed by atoms with van der Waals surface area (Å²) in [5.74, 6) is 0.00494. The number of rotatable bonds is 9. The average Bonchev–Trinajstić information content (AvgIpc) is 3.28. The molecule has 1 saturated heterocycles. The van der Waals surface area contributed by atoms with Gasteiger partial charge in [0.05, 0.1) is 49.8 Å². The summed E-state index contributed by atoms with van der Waals surface area (Å²) in [6.07, 6.45) is -1.38. The van der Waals surface area contributed by atoms with Gasteiger partial charge in [0, 0.05) is 26.2 Å². The lowest BCUT2D eigenvalue weighted by molar-refractivity contribution is -0.140. The van der Waals surface area contributed by atoms with Crippen LogP contribution >= 0.6 is 0 Å². The topological polar surface area (TPSA) is 131 Å². The monoisotopic (exact) mass is 546 g/mol. The summed E-state index contributed by atoms with van der Waals surface area (Å²) in [5.41, 5.74) is -2.38. The lowest BCUT2D eigenvalue weighted by atomic mass is 10.2. The predicted molar refractivity (Wildman–Crippen MR) is 121 cm³/mol. The molecule has 0 spiro atoms. The van der Waals surface area contributed by atoms with Crippen LogP contribution in [0.25, 0.3) is 10.9 Å². The van der Waals surface area contributed by atoms with Crippen molar-refractivity contribution in [2.45, 2.75) is 32.2 Å². The molecule has 0 radical (unpaired) electrons. The van der Waals surface area contributed by atoms with Crippen LogP contribution in [0.5, 0.6) is 5.75 Å². The number of ether oxygens (including phenoxy) is 2. The van der Waals surface area contributed by atoms with E-state index in [1.54, 1.807) is 16.7 Å². The number of halogens is 5. The molecule has 1 aliphatic rings. The molecule has 1 unspecified atom stereocenters. The molecule has 4 heterocycles. The Morgan fingerprint density at radius 3 is 2.45 bits per heavy atom. The number of piperazine rings is 1. The van der Waals surface area contributed by atoms with Crippen LogP contribution in [0.3, 0.4) is 0 Å². The molecule has 0 aliphatic carbocycles. The molecule has 0 aromatic carbocycles. The number of nitrogens with one attached hydrogen (secondary N) is 1. The van der Waals surface area contributed by atoms with Gasteiger partial charge in [-0.25, -0.2) is 15.1 Å². The minimum Gasteiger partial charge on any atom is -0.432 e. The molecule has 17 heteroatoms. The number of carbonyl (C=O) groups excluding carboxylic acids is 1. The molecule has 12 nitrogen and oxygen atoms in total. The van der Waals surface area contributed by atoms with Crippen LogP contribution in [0.1, 0.15) is 25.1 Å². The summed E-state index contributed by atoms with van der Waals surface area (Å²) in [6.45, 7) is 0.209. The van der Waals surface area contributed by atoms with Gasteiger partial charge in [0.1, 0.15) is 5.39 Å². The summed E-state index contributed by atoms with van der Waals surface area (Å²) >= 11 is 0. The Labute approximate surface area is 211 Å². The molecule has 1 N–H and O–H groups in total. The minimum atomic E-state index is -4.83. The van der Waals surface area contributed by atoms with Crippen LogP contribution in [0, 0.1) is 0 Å². The predicted octanol–water partition coefficient (Wildman–Crippen LogP) is 1.85. The van der Waals surface area contributed by atoms with Crippen LogP contribution in [0.15, 0.2) is 23.4 Å². The molecule has 206 valence electrons. The fourth-order valence-electron chi connectivity index (χ4n) is 3.97. The zero-order chi connectivity index (χ0) is 27.4. The van der Waals surface area contributed by atoms with Crippen molar-refractivity contribution in [2.24, 2.45) is 0 Å². The van der Waals surface area contributed by atoms with Gasteiger partial charge in [-0.3, -0.25) is 14.3 Å². The number of nitrogens with zero attached hydrogens (tertiary/aromatic N) is 7. The zero-order valence-corrected chi connectivity index (χ0v) is 20.0. The van der Waals surface area contributed by atoms with Crippen LogP contribution in [-0.2, 0) is 15.7 Å². The van der Waals surface area contributed by atoms with E-state index >= 15 is 0 Å². The first kappa shape index (κ1) is 27.2. The van der Waals surface area contributed by atoms with Gasteiger partial charge in [0.15, 0.2) is 11.4 Å². The molecule has 1 atom stereocenters. The number of aromatic amines is 1. The van der Waals surface area contributed by atoms with Gasteiger partial charge in [-0.2, -0.15) is 32.1 Å². The fourth-order valence-corrected chi connectivity index (χ4v) is 3.97. The number of H-pyrrole nitrogens is 1. The number of hydrogen-bond donors (Lipinski definition) is 1. The van der Waals surface area contributed by atoms with Crippen molar-refractivity contribution < 1.29 is 36.2 Å². The molecule has 3 aromatic heterocycles. The molecule has 4 rings (SSSR count). The number of aromatic nitrogens is 6. The summed E-state index contributed by atoms with van der Waals surface area (Å²) in [6, 6.07) is -0.673.